The number of ether oxygens (including phenoxy) is 1. The van der Waals surface area contributed by atoms with Crippen LogP contribution in [-0.4, -0.2) is 18.1 Å². The summed E-state index contributed by atoms with van der Waals surface area (Å²) in [5.41, 5.74) is 0. The Labute approximate surface area is 35.2 Å². The maximum atomic E-state index is 9.68. The molecular weight excluding hydrogens is 84.0 g/mol. The highest BCUT2D eigenvalue weighted by Crippen LogP contribution is 1.97. The second-order valence-corrected chi connectivity index (χ2v) is 0.970. The van der Waals surface area contributed by atoms with Gasteiger partial charge in [0.2, 0.25) is 0 Å². The van der Waals surface area contributed by atoms with E-state index >= 15 is 0 Å². The van der Waals surface area contributed by atoms with Crippen LogP contribution >= 0.6 is 0 Å². The maximum Gasteiger partial charge on any atom is 0.309 e. The van der Waals surface area contributed by atoms with Crippen LogP contribution < -0.4 is 0 Å². The van der Waals surface area contributed by atoms with Crippen molar-refractivity contribution in [1.82, 2.24) is 0 Å². The van der Waals surface area contributed by atoms with Gasteiger partial charge in [0.15, 0.2) is 0 Å². The van der Waals surface area contributed by atoms with Gasteiger partial charge in [-0.2, -0.15) is 0 Å². The number of esters is 1. The van der Waals surface area contributed by atoms with Gasteiger partial charge in [-0.05, 0) is 0 Å². The smallest absolute Gasteiger partial charge is 0.309 e. The van der Waals surface area contributed by atoms with Crippen molar-refractivity contribution >= 4 is 5.97 Å². The van der Waals surface area contributed by atoms with Gasteiger partial charge in [-0.3, -0.25) is 4.79 Å². The number of cyclic esters (lactones) is 1. The molecule has 0 aromatic heterocycles. The summed E-state index contributed by atoms with van der Waals surface area (Å²) in [6, 6.07) is 0. The summed E-state index contributed by atoms with van der Waals surface area (Å²) in [6.45, 7) is 0.638. The molecule has 1 aliphatic rings. The largest absolute Gasteiger partial charge is 0.465 e. The van der Waals surface area contributed by atoms with Crippen LogP contribution in [0.3, 0.4) is 0 Å². The molecule has 0 aromatic rings. The molecule has 0 saturated carbocycles. The number of hydrogen-bond donors (Lipinski definition) is 0. The summed E-state index contributed by atoms with van der Waals surface area (Å²) in [5.74, 6) is -0.0648. The molecule has 1 aliphatic heterocycles. The van der Waals surface area contributed by atoms with E-state index < -0.39 is 0 Å². The third-order valence-electron chi connectivity index (χ3n) is 0.569. The highest BCUT2D eigenvalue weighted by Gasteiger charge is 2.10. The molecule has 1 fully saturated rings. The Balaban J connectivity index is 0.000000250. The van der Waals surface area contributed by atoms with E-state index in [1.807, 2.05) is 0 Å². The standard InChI is InChI=1S/C3H4O2.H2O/c4-3-1-2-5-3;/h1-2H2;1H2. The van der Waals surface area contributed by atoms with Crippen molar-refractivity contribution in [3.05, 3.63) is 0 Å². The topological polar surface area (TPSA) is 57.8 Å². The summed E-state index contributed by atoms with van der Waals surface area (Å²) < 4.78 is 4.29. The van der Waals surface area contributed by atoms with E-state index in [0.29, 0.717) is 13.0 Å². The second-order valence-electron chi connectivity index (χ2n) is 0.970. The summed E-state index contributed by atoms with van der Waals surface area (Å²) in [6.07, 6.45) is 0.625. The molecular formula is C3H6O3. The van der Waals surface area contributed by atoms with Crippen LogP contribution in [0.2, 0.25) is 0 Å². The van der Waals surface area contributed by atoms with Gasteiger partial charge in [0.05, 0.1) is 6.42 Å². The fraction of sp³-hybridized carbons (Fsp3) is 0.667. The second kappa shape index (κ2) is 1.77. The SMILES string of the molecule is O.O=C1CCO1. The zero-order valence-electron chi connectivity index (χ0n) is 3.23. The average Bonchev–Trinajstić information content (AvgIpc) is 1.30. The number of carbonyl (C=O) groups excluding carboxylic acids is 1. The van der Waals surface area contributed by atoms with Crippen molar-refractivity contribution in [3.8, 4) is 0 Å². The zero-order chi connectivity index (χ0) is 3.70. The Morgan fingerprint density at radius 3 is 2.00 bits per heavy atom. The van der Waals surface area contributed by atoms with E-state index in [1.54, 1.807) is 0 Å². The Hall–Kier alpha value is -0.570. The molecule has 6 heavy (non-hydrogen) atoms. The third kappa shape index (κ3) is 0.687. The predicted molar refractivity (Wildman–Crippen MR) is 19.2 cm³/mol. The minimum atomic E-state index is -0.0648. The fourth-order valence-corrected chi connectivity index (χ4v) is 0.185. The lowest BCUT2D eigenvalue weighted by molar-refractivity contribution is -0.157. The van der Waals surface area contributed by atoms with Crippen molar-refractivity contribution in [1.29, 1.82) is 0 Å². The normalized spacial score (nSPS) is 17.0. The van der Waals surface area contributed by atoms with Crippen LogP contribution in [0.4, 0.5) is 0 Å². The molecule has 1 saturated heterocycles. The summed E-state index contributed by atoms with van der Waals surface area (Å²) >= 11 is 0. The van der Waals surface area contributed by atoms with Crippen molar-refractivity contribution < 1.29 is 15.0 Å². The van der Waals surface area contributed by atoms with E-state index in [-0.39, 0.29) is 11.4 Å². The first-order valence-corrected chi connectivity index (χ1v) is 1.55. The van der Waals surface area contributed by atoms with E-state index in [4.69, 9.17) is 0 Å². The first kappa shape index (κ1) is 5.43. The molecule has 0 spiro atoms. The summed E-state index contributed by atoms with van der Waals surface area (Å²) in [7, 11) is 0. The molecule has 36 valence electrons. The van der Waals surface area contributed by atoms with Gasteiger partial charge in [-0.15, -0.1) is 0 Å². The number of hydrogen-bond acceptors (Lipinski definition) is 2. The summed E-state index contributed by atoms with van der Waals surface area (Å²) in [5, 5.41) is 0. The van der Waals surface area contributed by atoms with E-state index in [2.05, 4.69) is 4.74 Å². The van der Waals surface area contributed by atoms with Crippen LogP contribution in [0.5, 0.6) is 0 Å². The molecule has 0 atom stereocenters. The van der Waals surface area contributed by atoms with Crippen molar-refractivity contribution in [2.24, 2.45) is 0 Å². The van der Waals surface area contributed by atoms with E-state index in [1.165, 1.54) is 0 Å². The molecule has 0 radical (unpaired) electrons. The Bertz CT molecular complexity index is 53.1. The van der Waals surface area contributed by atoms with E-state index in [9.17, 15) is 4.79 Å². The Kier molecular flexibility index (Phi) is 1.60. The van der Waals surface area contributed by atoms with Gasteiger partial charge in [-0.1, -0.05) is 0 Å². The lowest BCUT2D eigenvalue weighted by atomic mass is 10.4. The zero-order valence-corrected chi connectivity index (χ0v) is 3.23. The Morgan fingerprint density at radius 1 is 1.67 bits per heavy atom. The number of carbonyl (C=O) groups is 1. The third-order valence-corrected chi connectivity index (χ3v) is 0.569. The van der Waals surface area contributed by atoms with Gasteiger partial charge in [-0.25, -0.2) is 0 Å². The fourth-order valence-electron chi connectivity index (χ4n) is 0.185. The predicted octanol–water partition coefficient (Wildman–Crippen LogP) is -0.891. The van der Waals surface area contributed by atoms with Gasteiger partial charge in [0, 0.05) is 0 Å². The van der Waals surface area contributed by atoms with E-state index in [0.717, 1.165) is 0 Å². The van der Waals surface area contributed by atoms with Gasteiger partial charge in [0.25, 0.3) is 0 Å². The molecule has 0 bridgehead atoms. The maximum absolute atomic E-state index is 9.68. The van der Waals surface area contributed by atoms with Gasteiger partial charge < -0.3 is 10.2 Å². The van der Waals surface area contributed by atoms with Crippen LogP contribution in [0.25, 0.3) is 0 Å². The van der Waals surface area contributed by atoms with Crippen LogP contribution in [0.1, 0.15) is 6.42 Å². The molecule has 3 nitrogen and oxygen atoms in total. The molecule has 1 rings (SSSR count). The van der Waals surface area contributed by atoms with Crippen LogP contribution in [-0.2, 0) is 9.53 Å². The van der Waals surface area contributed by atoms with Crippen molar-refractivity contribution in [3.63, 3.8) is 0 Å². The monoisotopic (exact) mass is 90.0 g/mol. The van der Waals surface area contributed by atoms with Gasteiger partial charge >= 0.3 is 5.97 Å². The van der Waals surface area contributed by atoms with Crippen LogP contribution in [0, 0.1) is 0 Å². The molecule has 0 aromatic carbocycles. The highest BCUT2D eigenvalue weighted by atomic mass is 16.6. The van der Waals surface area contributed by atoms with Gasteiger partial charge in [0.1, 0.15) is 6.61 Å². The minimum absolute atomic E-state index is 0. The molecule has 3 heteroatoms. The van der Waals surface area contributed by atoms with Crippen molar-refractivity contribution in [2.75, 3.05) is 6.61 Å². The molecule has 0 aliphatic carbocycles. The van der Waals surface area contributed by atoms with Crippen LogP contribution in [0.15, 0.2) is 0 Å². The Morgan fingerprint density at radius 2 is 2.00 bits per heavy atom. The molecule has 0 unspecified atom stereocenters. The first-order valence-electron chi connectivity index (χ1n) is 1.55. The lowest BCUT2D eigenvalue weighted by Crippen LogP contribution is -2.18. The average molecular weight is 90.1 g/mol. The lowest BCUT2D eigenvalue weighted by Gasteiger charge is -2.09. The first-order chi connectivity index (χ1) is 2.39. The molecule has 0 amide bonds. The quantitative estimate of drug-likeness (QED) is 0.362. The molecule has 2 N–H and O–H groups in total. The minimum Gasteiger partial charge on any atom is -0.465 e. The molecule has 1 heterocycles. The summed E-state index contributed by atoms with van der Waals surface area (Å²) in [4.78, 5) is 9.68. The highest BCUT2D eigenvalue weighted by molar-refractivity contribution is 5.73. The van der Waals surface area contributed by atoms with Crippen molar-refractivity contribution in [2.45, 2.75) is 6.42 Å². The number of rotatable bonds is 0.